The molecule has 0 saturated carbocycles. The highest BCUT2D eigenvalue weighted by Crippen LogP contribution is 2.30. The molecule has 104 valence electrons. The molecule has 2 unspecified atom stereocenters. The SMILES string of the molecule is Cc1cccc2c1C(=O)N(C1CCC(=O)NC1O)C2=O. The molecule has 2 N–H and O–H groups in total. The van der Waals surface area contributed by atoms with Crippen LogP contribution >= 0.6 is 0 Å². The van der Waals surface area contributed by atoms with E-state index in [2.05, 4.69) is 5.32 Å². The number of nitrogens with zero attached hydrogens (tertiary/aromatic N) is 1. The Morgan fingerprint density at radius 3 is 2.65 bits per heavy atom. The van der Waals surface area contributed by atoms with Crippen molar-refractivity contribution in [2.45, 2.75) is 32.0 Å². The van der Waals surface area contributed by atoms with E-state index < -0.39 is 24.1 Å². The summed E-state index contributed by atoms with van der Waals surface area (Å²) in [6, 6.07) is 4.39. The van der Waals surface area contributed by atoms with Gasteiger partial charge < -0.3 is 10.4 Å². The number of aliphatic hydroxyl groups excluding tert-OH is 1. The number of aryl methyl sites for hydroxylation is 1. The fourth-order valence-electron chi connectivity index (χ4n) is 2.81. The first-order chi connectivity index (χ1) is 9.50. The number of amides is 3. The zero-order valence-electron chi connectivity index (χ0n) is 10.9. The summed E-state index contributed by atoms with van der Waals surface area (Å²) in [4.78, 5) is 37.1. The van der Waals surface area contributed by atoms with Crippen LogP contribution in [0.5, 0.6) is 0 Å². The van der Waals surface area contributed by atoms with Crippen molar-refractivity contribution in [1.29, 1.82) is 0 Å². The molecule has 0 aliphatic carbocycles. The van der Waals surface area contributed by atoms with Crippen molar-refractivity contribution < 1.29 is 19.5 Å². The lowest BCUT2D eigenvalue weighted by molar-refractivity contribution is -0.129. The quantitative estimate of drug-likeness (QED) is 0.716. The van der Waals surface area contributed by atoms with Gasteiger partial charge in [-0.05, 0) is 25.0 Å². The molecule has 1 aromatic carbocycles. The van der Waals surface area contributed by atoms with E-state index in [1.807, 2.05) is 0 Å². The molecule has 20 heavy (non-hydrogen) atoms. The number of hydrogen-bond acceptors (Lipinski definition) is 4. The molecular formula is C14H14N2O4. The molecule has 0 spiro atoms. The summed E-state index contributed by atoms with van der Waals surface area (Å²) < 4.78 is 0. The summed E-state index contributed by atoms with van der Waals surface area (Å²) in [7, 11) is 0. The van der Waals surface area contributed by atoms with E-state index in [9.17, 15) is 19.5 Å². The molecule has 2 aliphatic rings. The molecule has 3 rings (SSSR count). The Kier molecular flexibility index (Phi) is 2.83. The van der Waals surface area contributed by atoms with Crippen LogP contribution in [0.25, 0.3) is 0 Å². The van der Waals surface area contributed by atoms with Crippen LogP contribution in [0.1, 0.15) is 39.1 Å². The van der Waals surface area contributed by atoms with Gasteiger partial charge in [0.05, 0.1) is 17.2 Å². The number of rotatable bonds is 1. The Bertz CT molecular complexity index is 626. The minimum absolute atomic E-state index is 0.189. The van der Waals surface area contributed by atoms with E-state index in [1.54, 1.807) is 25.1 Å². The Balaban J connectivity index is 1.98. The van der Waals surface area contributed by atoms with Crippen molar-refractivity contribution in [1.82, 2.24) is 10.2 Å². The van der Waals surface area contributed by atoms with E-state index >= 15 is 0 Å². The highest BCUT2D eigenvalue weighted by atomic mass is 16.3. The Labute approximate surface area is 115 Å². The lowest BCUT2D eigenvalue weighted by atomic mass is 10.0. The lowest BCUT2D eigenvalue weighted by Gasteiger charge is -2.33. The monoisotopic (exact) mass is 274 g/mol. The van der Waals surface area contributed by atoms with Gasteiger partial charge in [-0.1, -0.05) is 12.1 Å². The molecular weight excluding hydrogens is 260 g/mol. The molecule has 0 aromatic heterocycles. The average molecular weight is 274 g/mol. The Morgan fingerprint density at radius 2 is 2.00 bits per heavy atom. The Hall–Kier alpha value is -2.21. The fourth-order valence-corrected chi connectivity index (χ4v) is 2.81. The molecule has 1 saturated heterocycles. The second kappa shape index (κ2) is 4.42. The standard InChI is InChI=1S/C14H14N2O4/c1-7-3-2-4-8-11(7)14(20)16(13(8)19)9-5-6-10(17)15-12(9)18/h2-4,9,12,18H,5-6H2,1H3,(H,15,17). The maximum Gasteiger partial charge on any atom is 0.262 e. The number of nitrogens with one attached hydrogen (secondary N) is 1. The number of fused-ring (bicyclic) bond motifs is 1. The number of benzene rings is 1. The second-order valence-electron chi connectivity index (χ2n) is 5.10. The van der Waals surface area contributed by atoms with Gasteiger partial charge in [0.2, 0.25) is 5.91 Å². The molecule has 6 nitrogen and oxygen atoms in total. The van der Waals surface area contributed by atoms with Crippen molar-refractivity contribution in [3.05, 3.63) is 34.9 Å². The van der Waals surface area contributed by atoms with E-state index in [4.69, 9.17) is 0 Å². The van der Waals surface area contributed by atoms with Gasteiger partial charge in [0.25, 0.3) is 11.8 Å². The van der Waals surface area contributed by atoms with E-state index in [1.165, 1.54) is 0 Å². The molecule has 1 aromatic rings. The number of aliphatic hydroxyl groups is 1. The van der Waals surface area contributed by atoms with Crippen molar-refractivity contribution in [2.24, 2.45) is 0 Å². The van der Waals surface area contributed by atoms with Crippen LogP contribution < -0.4 is 5.32 Å². The third-order valence-corrected chi connectivity index (χ3v) is 3.83. The molecule has 1 fully saturated rings. The predicted molar refractivity (Wildman–Crippen MR) is 68.9 cm³/mol. The molecule has 3 amide bonds. The molecule has 0 radical (unpaired) electrons. The van der Waals surface area contributed by atoms with Gasteiger partial charge in [0.15, 0.2) is 0 Å². The maximum atomic E-state index is 12.4. The first-order valence-corrected chi connectivity index (χ1v) is 6.45. The molecule has 0 bridgehead atoms. The van der Waals surface area contributed by atoms with Crippen LogP contribution in [0.15, 0.2) is 18.2 Å². The first-order valence-electron chi connectivity index (χ1n) is 6.45. The van der Waals surface area contributed by atoms with Crippen LogP contribution in [0.3, 0.4) is 0 Å². The van der Waals surface area contributed by atoms with Gasteiger partial charge in [-0.2, -0.15) is 0 Å². The van der Waals surface area contributed by atoms with Gasteiger partial charge in [0.1, 0.15) is 6.23 Å². The minimum atomic E-state index is -1.21. The van der Waals surface area contributed by atoms with Crippen LogP contribution in [-0.4, -0.2) is 40.0 Å². The van der Waals surface area contributed by atoms with Gasteiger partial charge in [-0.3, -0.25) is 19.3 Å². The predicted octanol–water partition coefficient (Wildman–Crippen LogP) is 0.188. The van der Waals surface area contributed by atoms with Gasteiger partial charge >= 0.3 is 0 Å². The zero-order valence-corrected chi connectivity index (χ0v) is 10.9. The minimum Gasteiger partial charge on any atom is -0.372 e. The summed E-state index contributed by atoms with van der Waals surface area (Å²) >= 11 is 0. The van der Waals surface area contributed by atoms with Gasteiger partial charge in [0, 0.05) is 6.42 Å². The number of carbonyl (C=O) groups is 3. The number of imide groups is 1. The number of hydrogen-bond donors (Lipinski definition) is 2. The Morgan fingerprint density at radius 1 is 1.25 bits per heavy atom. The smallest absolute Gasteiger partial charge is 0.262 e. The third-order valence-electron chi connectivity index (χ3n) is 3.83. The van der Waals surface area contributed by atoms with Crippen molar-refractivity contribution >= 4 is 17.7 Å². The van der Waals surface area contributed by atoms with Crippen LogP contribution in [0.2, 0.25) is 0 Å². The van der Waals surface area contributed by atoms with E-state index in [0.717, 1.165) is 10.5 Å². The summed E-state index contributed by atoms with van der Waals surface area (Å²) in [5.74, 6) is -1.08. The fraction of sp³-hybridized carbons (Fsp3) is 0.357. The topological polar surface area (TPSA) is 86.7 Å². The summed E-state index contributed by atoms with van der Waals surface area (Å²) in [5, 5.41) is 12.3. The second-order valence-corrected chi connectivity index (χ2v) is 5.10. The van der Waals surface area contributed by atoms with Crippen molar-refractivity contribution in [2.75, 3.05) is 0 Å². The number of carbonyl (C=O) groups excluding carboxylic acids is 3. The molecule has 2 atom stereocenters. The highest BCUT2D eigenvalue weighted by Gasteiger charge is 2.44. The lowest BCUT2D eigenvalue weighted by Crippen LogP contribution is -2.57. The van der Waals surface area contributed by atoms with Crippen molar-refractivity contribution in [3.8, 4) is 0 Å². The molecule has 2 aliphatic heterocycles. The number of piperidine rings is 1. The first kappa shape index (κ1) is 12.8. The van der Waals surface area contributed by atoms with Crippen LogP contribution in [0, 0.1) is 6.92 Å². The molecule has 2 heterocycles. The summed E-state index contributed by atoms with van der Waals surface area (Å²) in [6.07, 6.45) is -0.746. The van der Waals surface area contributed by atoms with Crippen LogP contribution in [0.4, 0.5) is 0 Å². The summed E-state index contributed by atoms with van der Waals surface area (Å²) in [6.45, 7) is 1.77. The van der Waals surface area contributed by atoms with Crippen LogP contribution in [-0.2, 0) is 4.79 Å². The zero-order chi connectivity index (χ0) is 14.4. The van der Waals surface area contributed by atoms with E-state index in [0.29, 0.717) is 11.1 Å². The molecule has 6 heteroatoms. The normalized spacial score (nSPS) is 25.7. The average Bonchev–Trinajstić information content (AvgIpc) is 2.64. The van der Waals surface area contributed by atoms with Crippen molar-refractivity contribution in [3.63, 3.8) is 0 Å². The van der Waals surface area contributed by atoms with Gasteiger partial charge in [-0.25, -0.2) is 0 Å². The third kappa shape index (κ3) is 1.72. The van der Waals surface area contributed by atoms with E-state index in [-0.39, 0.29) is 18.7 Å². The largest absolute Gasteiger partial charge is 0.372 e. The van der Waals surface area contributed by atoms with Gasteiger partial charge in [-0.15, -0.1) is 0 Å². The highest BCUT2D eigenvalue weighted by molar-refractivity contribution is 6.22. The maximum absolute atomic E-state index is 12.4. The summed E-state index contributed by atoms with van der Waals surface area (Å²) in [5.41, 5.74) is 1.48.